The number of primary amides is 1. The number of rotatable bonds is 3. The third kappa shape index (κ3) is 2.05. The molecule has 3 rings (SSSR count). The monoisotopic (exact) mass is 269 g/mol. The van der Waals surface area contributed by atoms with E-state index in [0.29, 0.717) is 11.2 Å². The van der Waals surface area contributed by atoms with Crippen LogP contribution < -0.4 is 11.3 Å². The van der Waals surface area contributed by atoms with E-state index in [1.807, 2.05) is 30.3 Å². The van der Waals surface area contributed by atoms with E-state index in [2.05, 4.69) is 10.2 Å². The van der Waals surface area contributed by atoms with Crippen molar-refractivity contribution in [3.05, 3.63) is 53.1 Å². The Hall–Kier alpha value is -2.96. The Balaban J connectivity index is 2.15. The molecule has 7 nitrogen and oxygen atoms in total. The van der Waals surface area contributed by atoms with Crippen LogP contribution in [0.2, 0.25) is 0 Å². The minimum absolute atomic E-state index is 0.249. The van der Waals surface area contributed by atoms with Gasteiger partial charge < -0.3 is 5.73 Å². The van der Waals surface area contributed by atoms with E-state index in [9.17, 15) is 9.59 Å². The lowest BCUT2D eigenvalue weighted by atomic mass is 10.1. The van der Waals surface area contributed by atoms with Crippen LogP contribution in [0.1, 0.15) is 0 Å². The molecule has 0 aliphatic carbocycles. The second-order valence-electron chi connectivity index (χ2n) is 4.29. The van der Waals surface area contributed by atoms with E-state index in [0.717, 1.165) is 10.2 Å². The first-order chi connectivity index (χ1) is 9.65. The molecule has 1 amide bonds. The highest BCUT2D eigenvalue weighted by molar-refractivity contribution is 5.73. The maximum absolute atomic E-state index is 12.1. The van der Waals surface area contributed by atoms with Gasteiger partial charge in [0.2, 0.25) is 5.91 Å². The predicted octanol–water partition coefficient (Wildman–Crippen LogP) is 0.0433. The molecule has 2 aromatic heterocycles. The Kier molecular flexibility index (Phi) is 2.79. The van der Waals surface area contributed by atoms with E-state index >= 15 is 0 Å². The Labute approximate surface area is 113 Å². The van der Waals surface area contributed by atoms with Gasteiger partial charge in [0.15, 0.2) is 0 Å². The molecule has 0 aliphatic heterocycles. The zero-order valence-corrected chi connectivity index (χ0v) is 10.4. The molecule has 3 aromatic rings. The predicted molar refractivity (Wildman–Crippen MR) is 71.9 cm³/mol. The van der Waals surface area contributed by atoms with Gasteiger partial charge in [0.25, 0.3) is 5.56 Å². The maximum Gasteiger partial charge on any atom is 0.293 e. The lowest BCUT2D eigenvalue weighted by Gasteiger charge is -2.00. The second-order valence-corrected chi connectivity index (χ2v) is 4.29. The molecule has 1 aromatic carbocycles. The molecule has 2 heterocycles. The minimum Gasteiger partial charge on any atom is -0.368 e. The average molecular weight is 269 g/mol. The maximum atomic E-state index is 12.1. The van der Waals surface area contributed by atoms with Crippen molar-refractivity contribution in [3.8, 4) is 11.3 Å². The Bertz CT molecular complexity index is 835. The fourth-order valence-electron chi connectivity index (χ4n) is 1.95. The SMILES string of the molecule is NC(=O)Cn1ncn2nc(-c3ccccc3)cc2c1=O. The number of aromatic nitrogens is 4. The van der Waals surface area contributed by atoms with Crippen LogP contribution in [0.15, 0.2) is 47.5 Å². The van der Waals surface area contributed by atoms with Gasteiger partial charge in [0.1, 0.15) is 18.4 Å². The van der Waals surface area contributed by atoms with Crippen molar-refractivity contribution in [2.75, 3.05) is 0 Å². The van der Waals surface area contributed by atoms with Crippen LogP contribution in [0, 0.1) is 0 Å². The second kappa shape index (κ2) is 4.61. The summed E-state index contributed by atoms with van der Waals surface area (Å²) >= 11 is 0. The first kappa shape index (κ1) is 12.1. The molecule has 100 valence electrons. The van der Waals surface area contributed by atoms with Crippen LogP contribution in [-0.4, -0.2) is 25.3 Å². The highest BCUT2D eigenvalue weighted by atomic mass is 16.2. The molecule has 0 saturated heterocycles. The number of nitrogens with zero attached hydrogens (tertiary/aromatic N) is 4. The lowest BCUT2D eigenvalue weighted by Crippen LogP contribution is -2.30. The van der Waals surface area contributed by atoms with Gasteiger partial charge in [-0.25, -0.2) is 9.20 Å². The number of carbonyl (C=O) groups excluding carboxylic acids is 1. The molecule has 7 heteroatoms. The molecule has 0 bridgehead atoms. The van der Waals surface area contributed by atoms with Gasteiger partial charge in [0, 0.05) is 5.56 Å². The van der Waals surface area contributed by atoms with Crippen molar-refractivity contribution in [2.45, 2.75) is 6.54 Å². The van der Waals surface area contributed by atoms with E-state index in [4.69, 9.17) is 5.73 Å². The third-order valence-corrected chi connectivity index (χ3v) is 2.86. The number of carbonyl (C=O) groups is 1. The smallest absolute Gasteiger partial charge is 0.293 e. The number of hydrogen-bond acceptors (Lipinski definition) is 4. The summed E-state index contributed by atoms with van der Waals surface area (Å²) in [6.45, 7) is -0.249. The molecule has 0 spiro atoms. The molecule has 2 N–H and O–H groups in total. The van der Waals surface area contributed by atoms with Gasteiger partial charge >= 0.3 is 0 Å². The Morgan fingerprint density at radius 1 is 1.25 bits per heavy atom. The minimum atomic E-state index is -0.619. The van der Waals surface area contributed by atoms with Gasteiger partial charge in [-0.1, -0.05) is 30.3 Å². The molecule has 0 saturated carbocycles. The summed E-state index contributed by atoms with van der Waals surface area (Å²) in [5.74, 6) is -0.619. The Morgan fingerprint density at radius 3 is 2.70 bits per heavy atom. The largest absolute Gasteiger partial charge is 0.368 e. The van der Waals surface area contributed by atoms with Crippen LogP contribution in [0.4, 0.5) is 0 Å². The first-order valence-electron chi connectivity index (χ1n) is 5.94. The summed E-state index contributed by atoms with van der Waals surface area (Å²) in [4.78, 5) is 23.0. The Morgan fingerprint density at radius 2 is 2.00 bits per heavy atom. The topological polar surface area (TPSA) is 95.3 Å². The molecule has 0 atom stereocenters. The summed E-state index contributed by atoms with van der Waals surface area (Å²) < 4.78 is 2.41. The summed E-state index contributed by atoms with van der Waals surface area (Å²) in [7, 11) is 0. The van der Waals surface area contributed by atoms with Gasteiger partial charge in [-0.2, -0.15) is 10.2 Å². The molecule has 0 aliphatic rings. The summed E-state index contributed by atoms with van der Waals surface area (Å²) in [5, 5.41) is 8.15. The summed E-state index contributed by atoms with van der Waals surface area (Å²) in [6, 6.07) is 11.2. The van der Waals surface area contributed by atoms with E-state index in [1.165, 1.54) is 10.8 Å². The fraction of sp³-hybridized carbons (Fsp3) is 0.0769. The molecule has 20 heavy (non-hydrogen) atoms. The highest BCUT2D eigenvalue weighted by Crippen LogP contribution is 2.17. The van der Waals surface area contributed by atoms with Crippen molar-refractivity contribution in [1.82, 2.24) is 19.4 Å². The standard InChI is InChI=1S/C13H11N5O2/c14-12(19)7-17-13(20)11-6-10(16-18(11)8-15-17)9-4-2-1-3-5-9/h1-6,8H,7H2,(H2,14,19). The van der Waals surface area contributed by atoms with Crippen molar-refractivity contribution < 1.29 is 4.79 Å². The third-order valence-electron chi connectivity index (χ3n) is 2.86. The molecular weight excluding hydrogens is 258 g/mol. The number of hydrogen-bond donors (Lipinski definition) is 1. The van der Waals surface area contributed by atoms with Crippen LogP contribution in [-0.2, 0) is 11.3 Å². The van der Waals surface area contributed by atoms with Gasteiger partial charge in [-0.15, -0.1) is 0 Å². The van der Waals surface area contributed by atoms with E-state index < -0.39 is 11.5 Å². The number of benzene rings is 1. The van der Waals surface area contributed by atoms with Gasteiger partial charge in [-0.3, -0.25) is 9.59 Å². The van der Waals surface area contributed by atoms with Gasteiger partial charge in [0.05, 0.1) is 5.69 Å². The van der Waals surface area contributed by atoms with Crippen molar-refractivity contribution in [1.29, 1.82) is 0 Å². The zero-order chi connectivity index (χ0) is 14.1. The number of fused-ring (bicyclic) bond motifs is 1. The van der Waals surface area contributed by atoms with Crippen LogP contribution in [0.25, 0.3) is 16.8 Å². The summed E-state index contributed by atoms with van der Waals surface area (Å²) in [6.07, 6.45) is 1.38. The van der Waals surface area contributed by atoms with Crippen LogP contribution in [0.5, 0.6) is 0 Å². The normalized spacial score (nSPS) is 10.8. The highest BCUT2D eigenvalue weighted by Gasteiger charge is 2.10. The summed E-state index contributed by atoms with van der Waals surface area (Å²) in [5.41, 5.74) is 6.59. The number of amides is 1. The zero-order valence-electron chi connectivity index (χ0n) is 10.4. The lowest BCUT2D eigenvalue weighted by molar-refractivity contribution is -0.118. The number of nitrogens with two attached hydrogens (primary N) is 1. The van der Waals surface area contributed by atoms with Crippen molar-refractivity contribution in [3.63, 3.8) is 0 Å². The van der Waals surface area contributed by atoms with Crippen molar-refractivity contribution >= 4 is 11.4 Å². The quantitative estimate of drug-likeness (QED) is 0.726. The molecule has 0 fully saturated rings. The molecular formula is C13H11N5O2. The van der Waals surface area contributed by atoms with Crippen LogP contribution >= 0.6 is 0 Å². The van der Waals surface area contributed by atoms with E-state index in [1.54, 1.807) is 6.07 Å². The molecule has 0 unspecified atom stereocenters. The first-order valence-corrected chi connectivity index (χ1v) is 5.94. The van der Waals surface area contributed by atoms with E-state index in [-0.39, 0.29) is 6.54 Å². The van der Waals surface area contributed by atoms with Gasteiger partial charge in [-0.05, 0) is 6.07 Å². The van der Waals surface area contributed by atoms with Crippen molar-refractivity contribution in [2.24, 2.45) is 5.73 Å². The fourth-order valence-corrected chi connectivity index (χ4v) is 1.95. The molecule has 0 radical (unpaired) electrons. The van der Waals surface area contributed by atoms with Crippen LogP contribution in [0.3, 0.4) is 0 Å². The average Bonchev–Trinajstić information content (AvgIpc) is 2.87.